The van der Waals surface area contributed by atoms with Crippen molar-refractivity contribution in [3.8, 4) is 11.1 Å². The van der Waals surface area contributed by atoms with Crippen molar-refractivity contribution < 1.29 is 29.3 Å². The lowest BCUT2D eigenvalue weighted by Crippen LogP contribution is -2.66. The molecule has 2 aromatic rings. The largest absolute Gasteiger partial charge is 0.480 e. The zero-order valence-electron chi connectivity index (χ0n) is 14.3. The number of rotatable bonds is 4. The van der Waals surface area contributed by atoms with Crippen LogP contribution in [-0.2, 0) is 14.3 Å². The third kappa shape index (κ3) is 2.54. The standard InChI is InChI=1S/C20H17NO6/c22-17(23)20(18(24)25)10-21(11-20)19(26)27-9-16-14-7-3-1-5-12(14)13-6-2-4-8-15(13)16/h1-8,16H,9-11H2,(H,22,23)(H,24,25). The Balaban J connectivity index is 1.46. The number of ether oxygens (including phenoxy) is 1. The van der Waals surface area contributed by atoms with E-state index in [0.29, 0.717) is 0 Å². The Labute approximate surface area is 154 Å². The van der Waals surface area contributed by atoms with Crippen molar-refractivity contribution in [2.75, 3.05) is 19.7 Å². The summed E-state index contributed by atoms with van der Waals surface area (Å²) in [6.07, 6.45) is -0.699. The van der Waals surface area contributed by atoms with Gasteiger partial charge in [0.05, 0.1) is 13.1 Å². The highest BCUT2D eigenvalue weighted by Gasteiger charge is 2.58. The fraction of sp³-hybridized carbons (Fsp3) is 0.250. The maximum atomic E-state index is 12.3. The van der Waals surface area contributed by atoms with Gasteiger partial charge in [-0.3, -0.25) is 9.59 Å². The van der Waals surface area contributed by atoms with Crippen LogP contribution in [0.15, 0.2) is 48.5 Å². The van der Waals surface area contributed by atoms with Crippen molar-refractivity contribution in [1.82, 2.24) is 4.90 Å². The Kier molecular flexibility index (Phi) is 3.87. The van der Waals surface area contributed by atoms with E-state index in [1.54, 1.807) is 0 Å². The highest BCUT2D eigenvalue weighted by molar-refractivity contribution is 6.01. The van der Waals surface area contributed by atoms with E-state index in [-0.39, 0.29) is 12.5 Å². The van der Waals surface area contributed by atoms with E-state index in [9.17, 15) is 14.4 Å². The summed E-state index contributed by atoms with van der Waals surface area (Å²) in [6.45, 7) is -0.681. The minimum absolute atomic E-state index is 0.105. The van der Waals surface area contributed by atoms with Gasteiger partial charge in [-0.2, -0.15) is 0 Å². The third-order valence-corrected chi connectivity index (χ3v) is 5.33. The number of nitrogens with zero attached hydrogens (tertiary/aromatic N) is 1. The molecule has 0 radical (unpaired) electrons. The molecule has 138 valence electrons. The Morgan fingerprint density at radius 1 is 0.926 bits per heavy atom. The molecule has 1 heterocycles. The molecule has 0 saturated carbocycles. The first kappa shape index (κ1) is 17.1. The number of carboxylic acids is 2. The lowest BCUT2D eigenvalue weighted by atomic mass is 9.80. The second-order valence-electron chi connectivity index (χ2n) is 6.85. The summed E-state index contributed by atoms with van der Waals surface area (Å²) >= 11 is 0. The molecule has 4 rings (SSSR count). The van der Waals surface area contributed by atoms with Crippen LogP contribution < -0.4 is 0 Å². The SMILES string of the molecule is O=C(OCC1c2ccccc2-c2ccccc21)N1CC(C(=O)O)(C(=O)O)C1. The van der Waals surface area contributed by atoms with Crippen molar-refractivity contribution in [2.24, 2.45) is 5.41 Å². The Hall–Kier alpha value is -3.35. The molecule has 1 saturated heterocycles. The molecular weight excluding hydrogens is 350 g/mol. The average molecular weight is 367 g/mol. The number of hydrogen-bond donors (Lipinski definition) is 2. The van der Waals surface area contributed by atoms with Gasteiger partial charge in [0, 0.05) is 5.92 Å². The zero-order chi connectivity index (χ0) is 19.2. The normalized spacial score (nSPS) is 16.8. The highest BCUT2D eigenvalue weighted by Crippen LogP contribution is 2.44. The topological polar surface area (TPSA) is 104 Å². The highest BCUT2D eigenvalue weighted by atomic mass is 16.6. The van der Waals surface area contributed by atoms with E-state index in [4.69, 9.17) is 14.9 Å². The molecule has 1 aliphatic heterocycles. The summed E-state index contributed by atoms with van der Waals surface area (Å²) < 4.78 is 5.40. The van der Waals surface area contributed by atoms with Crippen LogP contribution in [0.2, 0.25) is 0 Å². The minimum atomic E-state index is -1.94. The first-order valence-electron chi connectivity index (χ1n) is 8.51. The molecule has 0 atom stereocenters. The van der Waals surface area contributed by atoms with Gasteiger partial charge in [0.25, 0.3) is 0 Å². The maximum Gasteiger partial charge on any atom is 0.409 e. The minimum Gasteiger partial charge on any atom is -0.480 e. The van der Waals surface area contributed by atoms with E-state index in [0.717, 1.165) is 27.2 Å². The number of amides is 1. The molecule has 0 spiro atoms. The van der Waals surface area contributed by atoms with Gasteiger partial charge < -0.3 is 19.8 Å². The van der Waals surface area contributed by atoms with Crippen molar-refractivity contribution in [1.29, 1.82) is 0 Å². The molecule has 7 nitrogen and oxygen atoms in total. The Morgan fingerprint density at radius 3 is 1.89 bits per heavy atom. The fourth-order valence-corrected chi connectivity index (χ4v) is 3.78. The summed E-state index contributed by atoms with van der Waals surface area (Å²) in [7, 11) is 0. The first-order chi connectivity index (χ1) is 12.9. The number of carboxylic acid groups (broad SMARTS) is 2. The van der Waals surface area contributed by atoms with E-state index in [2.05, 4.69) is 0 Å². The van der Waals surface area contributed by atoms with Crippen LogP contribution in [0, 0.1) is 5.41 Å². The molecule has 2 N–H and O–H groups in total. The van der Waals surface area contributed by atoms with Crippen LogP contribution in [0.4, 0.5) is 4.79 Å². The molecule has 1 aliphatic carbocycles. The second-order valence-corrected chi connectivity index (χ2v) is 6.85. The van der Waals surface area contributed by atoms with E-state index in [1.807, 2.05) is 48.5 Å². The van der Waals surface area contributed by atoms with Gasteiger partial charge in [-0.25, -0.2) is 4.79 Å². The van der Waals surface area contributed by atoms with Crippen LogP contribution >= 0.6 is 0 Å². The number of fused-ring (bicyclic) bond motifs is 3. The van der Waals surface area contributed by atoms with Gasteiger partial charge in [-0.15, -0.1) is 0 Å². The van der Waals surface area contributed by atoms with Crippen molar-refractivity contribution >= 4 is 18.0 Å². The lowest BCUT2D eigenvalue weighted by molar-refractivity contribution is -0.175. The quantitative estimate of drug-likeness (QED) is 0.804. The molecular formula is C20H17NO6. The molecule has 0 unspecified atom stereocenters. The molecule has 1 fully saturated rings. The number of carbonyl (C=O) groups excluding carboxylic acids is 1. The summed E-state index contributed by atoms with van der Waals surface area (Å²) in [5.74, 6) is -3.00. The van der Waals surface area contributed by atoms with E-state index < -0.39 is 36.5 Å². The van der Waals surface area contributed by atoms with Gasteiger partial charge in [0.2, 0.25) is 0 Å². The molecule has 7 heteroatoms. The van der Waals surface area contributed by atoms with Crippen molar-refractivity contribution in [3.05, 3.63) is 59.7 Å². The number of benzene rings is 2. The monoisotopic (exact) mass is 367 g/mol. The molecule has 1 amide bonds. The van der Waals surface area contributed by atoms with E-state index >= 15 is 0 Å². The van der Waals surface area contributed by atoms with Gasteiger partial charge in [-0.1, -0.05) is 48.5 Å². The smallest absolute Gasteiger partial charge is 0.409 e. The van der Waals surface area contributed by atoms with Gasteiger partial charge in [0.15, 0.2) is 5.41 Å². The molecule has 2 aliphatic rings. The number of aliphatic carboxylic acids is 2. The van der Waals surface area contributed by atoms with Crippen molar-refractivity contribution in [3.63, 3.8) is 0 Å². The lowest BCUT2D eigenvalue weighted by Gasteiger charge is -2.43. The molecule has 0 bridgehead atoms. The number of hydrogen-bond acceptors (Lipinski definition) is 4. The van der Waals surface area contributed by atoms with Gasteiger partial charge >= 0.3 is 18.0 Å². The van der Waals surface area contributed by atoms with Gasteiger partial charge in [0.1, 0.15) is 6.61 Å². The summed E-state index contributed by atoms with van der Waals surface area (Å²) in [5.41, 5.74) is 2.41. The summed E-state index contributed by atoms with van der Waals surface area (Å²) in [6, 6.07) is 15.8. The van der Waals surface area contributed by atoms with Crippen LogP contribution in [0.5, 0.6) is 0 Å². The number of carbonyl (C=O) groups is 3. The maximum absolute atomic E-state index is 12.3. The molecule has 0 aromatic heterocycles. The fourth-order valence-electron chi connectivity index (χ4n) is 3.78. The first-order valence-corrected chi connectivity index (χ1v) is 8.51. The predicted octanol–water partition coefficient (Wildman–Crippen LogP) is 2.41. The van der Waals surface area contributed by atoms with Crippen molar-refractivity contribution in [2.45, 2.75) is 5.92 Å². The third-order valence-electron chi connectivity index (χ3n) is 5.33. The second kappa shape index (κ2) is 6.12. The Bertz CT molecular complexity index is 885. The Morgan fingerprint density at radius 2 is 1.41 bits per heavy atom. The van der Waals surface area contributed by atoms with E-state index in [1.165, 1.54) is 0 Å². The molecule has 27 heavy (non-hydrogen) atoms. The van der Waals surface area contributed by atoms with Gasteiger partial charge in [-0.05, 0) is 22.3 Å². The zero-order valence-corrected chi connectivity index (χ0v) is 14.3. The van der Waals surface area contributed by atoms with Crippen LogP contribution in [0.1, 0.15) is 17.0 Å². The average Bonchev–Trinajstić information content (AvgIpc) is 2.92. The molecule has 2 aromatic carbocycles. The predicted molar refractivity (Wildman–Crippen MR) is 94.3 cm³/mol. The summed E-state index contributed by atoms with van der Waals surface area (Å²) in [5, 5.41) is 18.2. The summed E-state index contributed by atoms with van der Waals surface area (Å²) in [4.78, 5) is 35.8. The van der Waals surface area contributed by atoms with Crippen LogP contribution in [0.25, 0.3) is 11.1 Å². The number of likely N-dealkylation sites (tertiary alicyclic amines) is 1. The van der Waals surface area contributed by atoms with Crippen LogP contribution in [-0.4, -0.2) is 52.8 Å². The van der Waals surface area contributed by atoms with Crippen LogP contribution in [0.3, 0.4) is 0 Å².